The van der Waals surface area contributed by atoms with Crippen LogP contribution in [0.1, 0.15) is 26.0 Å². The van der Waals surface area contributed by atoms with Gasteiger partial charge in [-0.25, -0.2) is 12.8 Å². The Morgan fingerprint density at radius 1 is 1.38 bits per heavy atom. The van der Waals surface area contributed by atoms with Gasteiger partial charge in [0.1, 0.15) is 22.9 Å². The smallest absolute Gasteiger partial charge is 0.200 e. The molecule has 6 nitrogen and oxygen atoms in total. The first-order chi connectivity index (χ1) is 9.78. The van der Waals surface area contributed by atoms with E-state index in [2.05, 4.69) is 10.3 Å². The third-order valence-corrected chi connectivity index (χ3v) is 4.77. The van der Waals surface area contributed by atoms with Crippen molar-refractivity contribution in [1.29, 1.82) is 0 Å². The summed E-state index contributed by atoms with van der Waals surface area (Å²) in [7, 11) is -3.73. The lowest BCUT2D eigenvalue weighted by atomic mass is 10.1. The number of halogens is 1. The molecule has 0 aliphatic carbocycles. The Labute approximate surface area is 120 Å². The first kappa shape index (κ1) is 14.0. The fraction of sp³-hybridized carbons (Fsp3) is 0.385. The van der Waals surface area contributed by atoms with E-state index in [1.807, 2.05) is 0 Å². The summed E-state index contributed by atoms with van der Waals surface area (Å²) in [6.45, 7) is 3.48. The molecule has 0 saturated heterocycles. The van der Waals surface area contributed by atoms with Crippen LogP contribution in [-0.2, 0) is 20.4 Å². The summed E-state index contributed by atoms with van der Waals surface area (Å²) in [6.07, 6.45) is 0.174. The number of hydrogen-bond donors (Lipinski definition) is 0. The maximum atomic E-state index is 13.8. The molecule has 1 aromatic heterocycles. The Balaban J connectivity index is 1.96. The number of sulfone groups is 1. The molecule has 1 aliphatic rings. The Kier molecular flexibility index (Phi) is 3.01. The van der Waals surface area contributed by atoms with Gasteiger partial charge in [0.05, 0.1) is 5.39 Å². The number of hydrogen-bond acceptors (Lipinski definition) is 6. The second-order valence-corrected chi connectivity index (χ2v) is 7.50. The highest BCUT2D eigenvalue weighted by molar-refractivity contribution is 8.05. The van der Waals surface area contributed by atoms with Crippen LogP contribution < -0.4 is 0 Å². The van der Waals surface area contributed by atoms with Crippen LogP contribution in [0.15, 0.2) is 27.9 Å². The Morgan fingerprint density at radius 2 is 2.14 bits per heavy atom. The van der Waals surface area contributed by atoms with Crippen LogP contribution in [-0.4, -0.2) is 24.2 Å². The molecule has 0 bridgehead atoms. The lowest BCUT2D eigenvalue weighted by Gasteiger charge is -2.13. The lowest BCUT2D eigenvalue weighted by Crippen LogP contribution is -2.23. The first-order valence-corrected chi connectivity index (χ1v) is 7.94. The zero-order valence-corrected chi connectivity index (χ0v) is 12.3. The van der Waals surface area contributed by atoms with Gasteiger partial charge in [-0.05, 0) is 26.0 Å². The van der Waals surface area contributed by atoms with Crippen molar-refractivity contribution in [2.24, 2.45) is 5.16 Å². The van der Waals surface area contributed by atoms with Crippen molar-refractivity contribution in [2.75, 3.05) is 0 Å². The van der Waals surface area contributed by atoms with Gasteiger partial charge in [-0.2, -0.15) is 0 Å². The zero-order chi connectivity index (χ0) is 15.3. The molecule has 1 aliphatic heterocycles. The minimum atomic E-state index is -3.73. The van der Waals surface area contributed by atoms with Crippen LogP contribution in [0, 0.1) is 5.82 Å². The fourth-order valence-corrected chi connectivity index (χ4v) is 3.58. The van der Waals surface area contributed by atoms with Crippen molar-refractivity contribution in [3.63, 3.8) is 0 Å². The van der Waals surface area contributed by atoms with Gasteiger partial charge in [-0.1, -0.05) is 16.4 Å². The number of oxime groups is 1. The van der Waals surface area contributed by atoms with Crippen molar-refractivity contribution >= 4 is 25.9 Å². The van der Waals surface area contributed by atoms with Crippen LogP contribution in [0.2, 0.25) is 0 Å². The van der Waals surface area contributed by atoms with E-state index in [0.717, 1.165) is 0 Å². The van der Waals surface area contributed by atoms with Crippen molar-refractivity contribution < 1.29 is 22.2 Å². The topological polar surface area (TPSA) is 81.8 Å². The molecule has 0 saturated carbocycles. The summed E-state index contributed by atoms with van der Waals surface area (Å²) in [5, 5.41) is 7.31. The Hall–Kier alpha value is -1.96. The van der Waals surface area contributed by atoms with E-state index < -0.39 is 27.0 Å². The van der Waals surface area contributed by atoms with Crippen molar-refractivity contribution in [3.8, 4) is 0 Å². The summed E-state index contributed by atoms with van der Waals surface area (Å²) in [5.41, 5.74) is -0.403. The van der Waals surface area contributed by atoms with Crippen molar-refractivity contribution in [3.05, 3.63) is 29.7 Å². The summed E-state index contributed by atoms with van der Waals surface area (Å²) < 4.78 is 43.4. The number of rotatable bonds is 2. The summed E-state index contributed by atoms with van der Waals surface area (Å²) >= 11 is 0. The molecule has 2 aromatic rings. The molecule has 1 aromatic carbocycles. The predicted octanol–water partition coefficient (Wildman–Crippen LogP) is 2.39. The molecule has 0 N–H and O–H groups in total. The lowest BCUT2D eigenvalue weighted by molar-refractivity contribution is 0.0123. The average molecular weight is 312 g/mol. The molecule has 0 amide bonds. The van der Waals surface area contributed by atoms with Gasteiger partial charge in [0.25, 0.3) is 0 Å². The van der Waals surface area contributed by atoms with Crippen LogP contribution in [0.3, 0.4) is 0 Å². The quantitative estimate of drug-likeness (QED) is 0.850. The second kappa shape index (κ2) is 4.52. The largest absolute Gasteiger partial charge is 0.389 e. The third-order valence-electron chi connectivity index (χ3n) is 3.18. The molecule has 0 atom stereocenters. The molecule has 0 fully saturated rings. The first-order valence-electron chi connectivity index (χ1n) is 6.29. The van der Waals surface area contributed by atoms with Gasteiger partial charge in [0.2, 0.25) is 9.84 Å². The Morgan fingerprint density at radius 3 is 2.81 bits per heavy atom. The second-order valence-electron chi connectivity index (χ2n) is 5.51. The SMILES string of the molecule is CC1(C)CC(S(=O)(=O)Cc2noc3cccc(F)c23)=NO1. The molecule has 0 spiro atoms. The van der Waals surface area contributed by atoms with Gasteiger partial charge in [-0.15, -0.1) is 0 Å². The predicted molar refractivity (Wildman–Crippen MR) is 73.8 cm³/mol. The molecule has 21 heavy (non-hydrogen) atoms. The molecule has 0 radical (unpaired) electrons. The molecule has 2 heterocycles. The molecule has 0 unspecified atom stereocenters. The highest BCUT2D eigenvalue weighted by Crippen LogP contribution is 2.28. The van der Waals surface area contributed by atoms with Gasteiger partial charge < -0.3 is 9.36 Å². The number of benzene rings is 1. The zero-order valence-electron chi connectivity index (χ0n) is 11.5. The molecular formula is C13H13FN2O4S. The molecule has 8 heteroatoms. The number of fused-ring (bicyclic) bond motifs is 1. The molecule has 3 rings (SSSR count). The van der Waals surface area contributed by atoms with Crippen LogP contribution >= 0.6 is 0 Å². The van der Waals surface area contributed by atoms with E-state index >= 15 is 0 Å². The third kappa shape index (κ3) is 2.51. The minimum absolute atomic E-state index is 0.0375. The van der Waals surface area contributed by atoms with Crippen molar-refractivity contribution in [1.82, 2.24) is 5.16 Å². The standard InChI is InChI=1S/C13H13FN2O4S/c1-13(2)6-11(16-20-13)21(17,18)7-9-12-8(14)4-3-5-10(12)19-15-9/h3-5H,6-7H2,1-2H3. The van der Waals surface area contributed by atoms with E-state index in [1.54, 1.807) is 13.8 Å². The van der Waals surface area contributed by atoms with Crippen LogP contribution in [0.25, 0.3) is 11.0 Å². The van der Waals surface area contributed by atoms with Crippen molar-refractivity contribution in [2.45, 2.75) is 31.6 Å². The van der Waals surface area contributed by atoms with E-state index in [0.29, 0.717) is 0 Å². The highest BCUT2D eigenvalue weighted by atomic mass is 32.2. The van der Waals surface area contributed by atoms with E-state index in [-0.39, 0.29) is 28.1 Å². The van der Waals surface area contributed by atoms with E-state index in [4.69, 9.17) is 9.36 Å². The van der Waals surface area contributed by atoms with Gasteiger partial charge in [0, 0.05) is 6.42 Å². The van der Waals surface area contributed by atoms with Gasteiger partial charge >= 0.3 is 0 Å². The summed E-state index contributed by atoms with van der Waals surface area (Å²) in [5.74, 6) is -1.04. The number of aromatic nitrogens is 1. The monoisotopic (exact) mass is 312 g/mol. The fourth-order valence-electron chi connectivity index (χ4n) is 2.14. The van der Waals surface area contributed by atoms with E-state index in [9.17, 15) is 12.8 Å². The van der Waals surface area contributed by atoms with Crippen LogP contribution in [0.5, 0.6) is 0 Å². The Bertz CT molecular complexity index is 839. The average Bonchev–Trinajstić information content (AvgIpc) is 2.94. The molecular weight excluding hydrogens is 299 g/mol. The summed E-state index contributed by atoms with van der Waals surface area (Å²) in [4.78, 5) is 5.06. The number of nitrogens with zero attached hydrogens (tertiary/aromatic N) is 2. The van der Waals surface area contributed by atoms with Gasteiger partial charge in [-0.3, -0.25) is 0 Å². The highest BCUT2D eigenvalue weighted by Gasteiger charge is 2.36. The summed E-state index contributed by atoms with van der Waals surface area (Å²) in [6, 6.07) is 4.23. The molecule has 112 valence electrons. The normalized spacial score (nSPS) is 17.8. The van der Waals surface area contributed by atoms with Crippen LogP contribution in [0.4, 0.5) is 4.39 Å². The van der Waals surface area contributed by atoms with E-state index in [1.165, 1.54) is 18.2 Å². The minimum Gasteiger partial charge on any atom is -0.389 e. The maximum Gasteiger partial charge on any atom is 0.200 e. The van der Waals surface area contributed by atoms with Gasteiger partial charge in [0.15, 0.2) is 10.6 Å². The maximum absolute atomic E-state index is 13.8.